The number of pyridine rings is 1. The molecule has 6 nitrogen and oxygen atoms in total. The summed E-state index contributed by atoms with van der Waals surface area (Å²) in [5.41, 5.74) is 5.89. The Morgan fingerprint density at radius 2 is 2.26 bits per heavy atom. The number of nitrogens with zero attached hydrogens (tertiary/aromatic N) is 3. The van der Waals surface area contributed by atoms with Crippen molar-refractivity contribution in [1.82, 2.24) is 9.88 Å². The van der Waals surface area contributed by atoms with Crippen LogP contribution in [0.2, 0.25) is 0 Å². The van der Waals surface area contributed by atoms with Crippen molar-refractivity contribution < 1.29 is 9.94 Å². The van der Waals surface area contributed by atoms with Crippen molar-refractivity contribution in [2.45, 2.75) is 25.9 Å². The fraction of sp³-hybridized carbons (Fsp3) is 0.538. The zero-order valence-electron chi connectivity index (χ0n) is 11.1. The minimum atomic E-state index is 0.00260. The minimum Gasteiger partial charge on any atom is -0.489 e. The number of piperidine rings is 1. The van der Waals surface area contributed by atoms with Crippen molar-refractivity contribution in [2.24, 2.45) is 10.9 Å². The molecule has 6 heteroatoms. The quantitative estimate of drug-likeness (QED) is 0.367. The Bertz CT molecular complexity index is 425. The first-order chi connectivity index (χ1) is 9.22. The Labute approximate surface area is 112 Å². The summed E-state index contributed by atoms with van der Waals surface area (Å²) in [7, 11) is 0. The van der Waals surface area contributed by atoms with E-state index in [0.717, 1.165) is 38.2 Å². The highest BCUT2D eigenvalue weighted by Crippen LogP contribution is 2.18. The summed E-state index contributed by atoms with van der Waals surface area (Å²) in [6.45, 7) is 5.44. The van der Waals surface area contributed by atoms with E-state index in [1.54, 1.807) is 18.3 Å². The molecule has 1 aromatic heterocycles. The van der Waals surface area contributed by atoms with Crippen molar-refractivity contribution in [3.05, 3.63) is 24.0 Å². The Morgan fingerprint density at radius 1 is 1.53 bits per heavy atom. The first kappa shape index (κ1) is 13.6. The van der Waals surface area contributed by atoms with Crippen LogP contribution in [0.3, 0.4) is 0 Å². The lowest BCUT2D eigenvalue weighted by Crippen LogP contribution is -2.38. The van der Waals surface area contributed by atoms with E-state index in [0.29, 0.717) is 5.69 Å². The van der Waals surface area contributed by atoms with Gasteiger partial charge in [0.2, 0.25) is 0 Å². The fourth-order valence-corrected chi connectivity index (χ4v) is 2.19. The van der Waals surface area contributed by atoms with Gasteiger partial charge in [-0.1, -0.05) is 12.1 Å². The summed E-state index contributed by atoms with van der Waals surface area (Å²) in [5, 5.41) is 11.5. The highest BCUT2D eigenvalue weighted by molar-refractivity contribution is 5.95. The molecule has 1 aromatic rings. The molecule has 0 spiro atoms. The molecule has 1 aliphatic heterocycles. The van der Waals surface area contributed by atoms with Crippen molar-refractivity contribution in [1.29, 1.82) is 0 Å². The largest absolute Gasteiger partial charge is 0.489 e. The highest BCUT2D eigenvalue weighted by Gasteiger charge is 2.19. The molecule has 0 aromatic carbocycles. The van der Waals surface area contributed by atoms with Crippen LogP contribution in [0.15, 0.2) is 23.5 Å². The van der Waals surface area contributed by atoms with Crippen LogP contribution >= 0.6 is 0 Å². The van der Waals surface area contributed by atoms with Crippen LogP contribution in [-0.4, -0.2) is 46.7 Å². The Morgan fingerprint density at radius 3 is 2.79 bits per heavy atom. The van der Waals surface area contributed by atoms with E-state index < -0.39 is 0 Å². The summed E-state index contributed by atoms with van der Waals surface area (Å²) < 4.78 is 5.88. The van der Waals surface area contributed by atoms with Crippen LogP contribution in [0.25, 0.3) is 0 Å². The predicted molar refractivity (Wildman–Crippen MR) is 72.5 cm³/mol. The maximum Gasteiger partial charge on any atom is 0.188 e. The van der Waals surface area contributed by atoms with E-state index in [4.69, 9.17) is 15.7 Å². The molecule has 19 heavy (non-hydrogen) atoms. The Kier molecular flexibility index (Phi) is 4.57. The fourth-order valence-electron chi connectivity index (χ4n) is 2.19. The van der Waals surface area contributed by atoms with Crippen LogP contribution in [-0.2, 0) is 0 Å². The van der Waals surface area contributed by atoms with Crippen molar-refractivity contribution in [3.8, 4) is 5.75 Å². The Balaban J connectivity index is 1.90. The summed E-state index contributed by atoms with van der Waals surface area (Å²) >= 11 is 0. The normalized spacial score (nSPS) is 18.5. The molecular formula is C13H20N4O2. The number of hydrogen-bond donors (Lipinski definition) is 2. The van der Waals surface area contributed by atoms with E-state index in [9.17, 15) is 0 Å². The monoisotopic (exact) mass is 264 g/mol. The maximum atomic E-state index is 8.55. The molecule has 3 N–H and O–H groups in total. The van der Waals surface area contributed by atoms with Crippen LogP contribution < -0.4 is 10.5 Å². The van der Waals surface area contributed by atoms with Gasteiger partial charge < -0.3 is 20.6 Å². The van der Waals surface area contributed by atoms with E-state index in [2.05, 4.69) is 22.0 Å². The number of amidine groups is 1. The first-order valence-electron chi connectivity index (χ1n) is 6.56. The molecular weight excluding hydrogens is 244 g/mol. The number of hydrogen-bond acceptors (Lipinski definition) is 5. The van der Waals surface area contributed by atoms with Gasteiger partial charge in [-0.3, -0.25) is 0 Å². The number of nitrogens with two attached hydrogens (primary N) is 1. The second-order valence-corrected chi connectivity index (χ2v) is 4.62. The average molecular weight is 264 g/mol. The number of oxime groups is 1. The predicted octanol–water partition coefficient (Wildman–Crippen LogP) is 1.04. The smallest absolute Gasteiger partial charge is 0.188 e. The van der Waals surface area contributed by atoms with Crippen molar-refractivity contribution in [2.75, 3.05) is 19.6 Å². The lowest BCUT2D eigenvalue weighted by molar-refractivity contribution is 0.103. The second kappa shape index (κ2) is 6.38. The second-order valence-electron chi connectivity index (χ2n) is 4.62. The third-order valence-electron chi connectivity index (χ3n) is 3.39. The summed E-state index contributed by atoms with van der Waals surface area (Å²) in [4.78, 5) is 6.51. The zero-order chi connectivity index (χ0) is 13.7. The van der Waals surface area contributed by atoms with Crippen LogP contribution in [0.5, 0.6) is 5.75 Å². The van der Waals surface area contributed by atoms with Gasteiger partial charge in [0, 0.05) is 13.1 Å². The van der Waals surface area contributed by atoms with Gasteiger partial charge in [0.05, 0.1) is 6.20 Å². The summed E-state index contributed by atoms with van der Waals surface area (Å²) in [6, 6.07) is 3.48. The molecule has 0 bridgehead atoms. The van der Waals surface area contributed by atoms with Gasteiger partial charge in [-0.25, -0.2) is 4.98 Å². The van der Waals surface area contributed by atoms with Crippen LogP contribution in [0.1, 0.15) is 25.5 Å². The molecule has 0 aliphatic carbocycles. The molecule has 2 rings (SSSR count). The topological polar surface area (TPSA) is 84.0 Å². The molecule has 2 heterocycles. The summed E-state index contributed by atoms with van der Waals surface area (Å²) in [6.07, 6.45) is 3.94. The molecule has 1 saturated heterocycles. The van der Waals surface area contributed by atoms with Gasteiger partial charge in [0.25, 0.3) is 0 Å². The third-order valence-corrected chi connectivity index (χ3v) is 3.39. The van der Waals surface area contributed by atoms with Crippen LogP contribution in [0.4, 0.5) is 0 Å². The highest BCUT2D eigenvalue weighted by atomic mass is 16.5. The average Bonchev–Trinajstić information content (AvgIpc) is 2.48. The van der Waals surface area contributed by atoms with Crippen molar-refractivity contribution >= 4 is 5.84 Å². The van der Waals surface area contributed by atoms with E-state index >= 15 is 0 Å². The minimum absolute atomic E-state index is 0.00260. The number of likely N-dealkylation sites (tertiary alicyclic amines) is 1. The van der Waals surface area contributed by atoms with E-state index in [-0.39, 0.29) is 11.9 Å². The molecule has 1 aliphatic rings. The molecule has 0 radical (unpaired) electrons. The lowest BCUT2D eigenvalue weighted by atomic mass is 10.1. The maximum absolute atomic E-state index is 8.55. The molecule has 0 saturated carbocycles. The molecule has 1 fully saturated rings. The van der Waals surface area contributed by atoms with Gasteiger partial charge in [-0.2, -0.15) is 0 Å². The van der Waals surface area contributed by atoms with Gasteiger partial charge in [0.1, 0.15) is 17.5 Å². The van der Waals surface area contributed by atoms with Gasteiger partial charge in [-0.15, -0.1) is 0 Å². The third kappa shape index (κ3) is 3.57. The van der Waals surface area contributed by atoms with Gasteiger partial charge in [0.15, 0.2) is 5.84 Å². The standard InChI is InChI=1S/C13H20N4O2/c1-2-17-7-5-10(6-8-17)19-11-3-4-12(15-9-11)13(14)16-18/h3-4,9-10,18H,2,5-8H2,1H3,(H2,14,16). The van der Waals surface area contributed by atoms with Gasteiger partial charge in [-0.05, 0) is 31.5 Å². The summed E-state index contributed by atoms with van der Waals surface area (Å²) in [5.74, 6) is 0.729. The molecule has 0 amide bonds. The van der Waals surface area contributed by atoms with Crippen molar-refractivity contribution in [3.63, 3.8) is 0 Å². The van der Waals surface area contributed by atoms with E-state index in [1.807, 2.05) is 0 Å². The Hall–Kier alpha value is -1.82. The zero-order valence-corrected chi connectivity index (χ0v) is 11.1. The van der Waals surface area contributed by atoms with Gasteiger partial charge >= 0.3 is 0 Å². The molecule has 104 valence electrons. The number of ether oxygens (including phenoxy) is 1. The SMILES string of the molecule is CCN1CCC(Oc2ccc(C(N)=NO)nc2)CC1. The lowest BCUT2D eigenvalue weighted by Gasteiger charge is -2.31. The molecule has 0 unspecified atom stereocenters. The van der Waals surface area contributed by atoms with E-state index in [1.165, 1.54) is 0 Å². The van der Waals surface area contributed by atoms with Crippen LogP contribution in [0, 0.1) is 0 Å². The first-order valence-corrected chi connectivity index (χ1v) is 6.56. The molecule has 0 atom stereocenters. The number of rotatable bonds is 4. The number of aromatic nitrogens is 1.